The number of aliphatic hydroxyl groups is 1. The Morgan fingerprint density at radius 3 is 2.45 bits per heavy atom. The molecule has 0 aromatic carbocycles. The topological polar surface area (TPSA) is 141 Å². The number of nitrogens with zero attached hydrogens (tertiary/aromatic N) is 3. The van der Waals surface area contributed by atoms with Gasteiger partial charge in [0.05, 0.1) is 6.04 Å². The molecule has 11 nitrogen and oxygen atoms in total. The van der Waals surface area contributed by atoms with Crippen molar-refractivity contribution in [3.63, 3.8) is 0 Å². The molecule has 0 saturated carbocycles. The van der Waals surface area contributed by atoms with E-state index in [4.69, 9.17) is 4.74 Å². The van der Waals surface area contributed by atoms with E-state index in [-0.39, 0.29) is 66.8 Å². The molecule has 5 unspecified atom stereocenters. The summed E-state index contributed by atoms with van der Waals surface area (Å²) in [5.41, 5.74) is 0.209. The molecule has 1 aliphatic rings. The first-order valence-electron chi connectivity index (χ1n) is 15.1. The molecule has 42 heavy (non-hydrogen) atoms. The number of amides is 3. The van der Waals surface area contributed by atoms with Crippen LogP contribution in [0, 0.1) is 17.8 Å². The number of aromatic nitrogens is 1. The number of hydrogen-bond acceptors (Lipinski definition) is 9. The fourth-order valence-electron chi connectivity index (χ4n) is 5.14. The van der Waals surface area contributed by atoms with E-state index in [1.165, 1.54) is 23.3 Å². The maximum atomic E-state index is 14.3. The van der Waals surface area contributed by atoms with E-state index in [2.05, 4.69) is 15.6 Å². The first-order chi connectivity index (χ1) is 19.8. The molecule has 2 heterocycles. The average molecular weight is 610 g/mol. The maximum Gasteiger partial charge on any atom is 0.307 e. The second-order valence-corrected chi connectivity index (χ2v) is 13.0. The number of nitrogens with one attached hydrogen (secondary N) is 2. The van der Waals surface area contributed by atoms with Crippen LogP contribution in [0.1, 0.15) is 102 Å². The highest BCUT2D eigenvalue weighted by Crippen LogP contribution is 2.29. The zero-order valence-corrected chi connectivity index (χ0v) is 27.3. The van der Waals surface area contributed by atoms with Gasteiger partial charge in [-0.15, -0.1) is 11.3 Å². The average Bonchev–Trinajstić information content (AvgIpc) is 3.44. The lowest BCUT2D eigenvalue weighted by Gasteiger charge is -2.39. The van der Waals surface area contributed by atoms with E-state index in [0.717, 1.165) is 25.8 Å². The number of carbonyl (C=O) groups is 4. The number of rotatable bonds is 15. The molecular formula is C30H51N5O6S. The normalized spacial score (nSPS) is 18.7. The van der Waals surface area contributed by atoms with E-state index in [9.17, 15) is 24.3 Å². The fraction of sp³-hybridized carbons (Fsp3) is 0.767. The molecule has 3 N–H and O–H groups in total. The summed E-state index contributed by atoms with van der Waals surface area (Å²) in [6, 6.07) is -1.69. The second kappa shape index (κ2) is 16.9. The number of thiazole rings is 1. The Balaban J connectivity index is 2.38. The highest BCUT2D eigenvalue weighted by atomic mass is 32.1. The molecule has 0 radical (unpaired) electrons. The number of likely N-dealkylation sites (N-methyl/N-ethyl adjacent to an activating group) is 1. The van der Waals surface area contributed by atoms with Crippen molar-refractivity contribution in [2.75, 3.05) is 27.4 Å². The third kappa shape index (κ3) is 10.0. The van der Waals surface area contributed by atoms with Crippen LogP contribution in [0.2, 0.25) is 0 Å². The van der Waals surface area contributed by atoms with Gasteiger partial charge < -0.3 is 25.4 Å². The minimum absolute atomic E-state index is 0.0865. The van der Waals surface area contributed by atoms with E-state index in [0.29, 0.717) is 11.4 Å². The van der Waals surface area contributed by atoms with Gasteiger partial charge >= 0.3 is 5.97 Å². The molecule has 238 valence electrons. The van der Waals surface area contributed by atoms with E-state index >= 15 is 0 Å². The van der Waals surface area contributed by atoms with Gasteiger partial charge in [-0.05, 0) is 44.2 Å². The Labute approximate surface area is 254 Å². The van der Waals surface area contributed by atoms with Crippen molar-refractivity contribution < 1.29 is 29.0 Å². The van der Waals surface area contributed by atoms with Crippen molar-refractivity contribution in [1.82, 2.24) is 25.4 Å². The number of carbonyl (C=O) groups excluding carboxylic acids is 4. The molecule has 1 aromatic heterocycles. The Hall–Kier alpha value is -2.57. The molecule has 0 bridgehead atoms. The molecule has 1 saturated heterocycles. The van der Waals surface area contributed by atoms with Gasteiger partial charge in [0, 0.05) is 31.3 Å². The number of hydrogen-bond donors (Lipinski definition) is 3. The van der Waals surface area contributed by atoms with Gasteiger partial charge in [0.15, 0.2) is 6.73 Å². The van der Waals surface area contributed by atoms with Crippen LogP contribution in [0.3, 0.4) is 0 Å². The second-order valence-electron chi connectivity index (χ2n) is 12.1. The summed E-state index contributed by atoms with van der Waals surface area (Å²) >= 11 is 1.17. The monoisotopic (exact) mass is 609 g/mol. The van der Waals surface area contributed by atoms with Crippen molar-refractivity contribution in [1.29, 1.82) is 0 Å². The summed E-state index contributed by atoms with van der Waals surface area (Å²) in [4.78, 5) is 60.1. The molecular weight excluding hydrogens is 558 g/mol. The van der Waals surface area contributed by atoms with Crippen molar-refractivity contribution in [3.05, 3.63) is 16.1 Å². The zero-order valence-electron chi connectivity index (χ0n) is 26.5. The van der Waals surface area contributed by atoms with Crippen LogP contribution in [0.5, 0.6) is 0 Å². The number of piperidine rings is 1. The summed E-state index contributed by atoms with van der Waals surface area (Å²) in [7, 11) is 3.43. The zero-order chi connectivity index (χ0) is 31.6. The first kappa shape index (κ1) is 35.6. The molecule has 5 atom stereocenters. The Bertz CT molecular complexity index is 1050. The standard InChI is InChI=1S/C30H51N5O6S/c1-9-20(6)26(33-28(39)22-12-10-11-13-34(22)8)30(40)35(17-41-25(37)14-18(2)3)23(19(4)5)15-24(36)29-32-21(16-42-29)27(38)31-7/h16,18-20,22-24,26,36H,9-15,17H2,1-8H3,(H,31,38)(H,33,39). The highest BCUT2D eigenvalue weighted by Gasteiger charge is 2.38. The fourth-order valence-corrected chi connectivity index (χ4v) is 5.93. The van der Waals surface area contributed by atoms with Crippen LogP contribution in [0.15, 0.2) is 5.38 Å². The first-order valence-corrected chi connectivity index (χ1v) is 16.0. The van der Waals surface area contributed by atoms with Gasteiger partial charge in [0.1, 0.15) is 22.8 Å². The maximum absolute atomic E-state index is 14.3. The quantitative estimate of drug-likeness (QED) is 0.203. The summed E-state index contributed by atoms with van der Waals surface area (Å²) < 4.78 is 5.60. The predicted molar refractivity (Wildman–Crippen MR) is 163 cm³/mol. The van der Waals surface area contributed by atoms with Gasteiger partial charge in [0.2, 0.25) is 11.8 Å². The number of ether oxygens (including phenoxy) is 1. The third-order valence-electron chi connectivity index (χ3n) is 7.97. The molecule has 12 heteroatoms. The van der Waals surface area contributed by atoms with Crippen LogP contribution in [0.4, 0.5) is 0 Å². The van der Waals surface area contributed by atoms with Crippen molar-refractivity contribution >= 4 is 35.0 Å². The van der Waals surface area contributed by atoms with Crippen LogP contribution in [-0.2, 0) is 19.1 Å². The minimum Gasteiger partial charge on any atom is -0.444 e. The number of aliphatic hydroxyl groups excluding tert-OH is 1. The van der Waals surface area contributed by atoms with Crippen molar-refractivity contribution in [2.45, 2.75) is 104 Å². The molecule has 3 amide bonds. The molecule has 1 aliphatic heterocycles. The van der Waals surface area contributed by atoms with Crippen molar-refractivity contribution in [3.8, 4) is 0 Å². The van der Waals surface area contributed by atoms with Crippen LogP contribution < -0.4 is 10.6 Å². The highest BCUT2D eigenvalue weighted by molar-refractivity contribution is 7.09. The lowest BCUT2D eigenvalue weighted by molar-refractivity contribution is -0.160. The number of likely N-dealkylation sites (tertiary alicyclic amines) is 1. The van der Waals surface area contributed by atoms with E-state index in [1.54, 1.807) is 5.38 Å². The Morgan fingerprint density at radius 2 is 1.88 bits per heavy atom. The van der Waals surface area contributed by atoms with Gasteiger partial charge in [-0.3, -0.25) is 24.1 Å². The molecule has 0 aliphatic carbocycles. The van der Waals surface area contributed by atoms with Gasteiger partial charge in [0.25, 0.3) is 5.91 Å². The minimum atomic E-state index is -1.06. The summed E-state index contributed by atoms with van der Waals surface area (Å²) in [5.74, 6) is -1.55. The third-order valence-corrected chi connectivity index (χ3v) is 8.92. The lowest BCUT2D eigenvalue weighted by atomic mass is 9.92. The summed E-state index contributed by atoms with van der Waals surface area (Å²) in [6.45, 7) is 12.1. The van der Waals surface area contributed by atoms with Crippen LogP contribution in [-0.4, -0.2) is 89.1 Å². The summed E-state index contributed by atoms with van der Waals surface area (Å²) in [5, 5.41) is 18.7. The largest absolute Gasteiger partial charge is 0.444 e. The van der Waals surface area contributed by atoms with Gasteiger partial charge in [-0.25, -0.2) is 4.98 Å². The van der Waals surface area contributed by atoms with Gasteiger partial charge in [-0.1, -0.05) is 54.4 Å². The van der Waals surface area contributed by atoms with Crippen LogP contribution in [0.25, 0.3) is 0 Å². The van der Waals surface area contributed by atoms with Crippen molar-refractivity contribution in [2.24, 2.45) is 17.8 Å². The van der Waals surface area contributed by atoms with Gasteiger partial charge in [-0.2, -0.15) is 0 Å². The lowest BCUT2D eigenvalue weighted by Crippen LogP contribution is -2.59. The molecule has 1 aromatic rings. The van der Waals surface area contributed by atoms with E-state index in [1.807, 2.05) is 53.5 Å². The van der Waals surface area contributed by atoms with Crippen LogP contribution >= 0.6 is 11.3 Å². The molecule has 0 spiro atoms. The van der Waals surface area contributed by atoms with E-state index < -0.39 is 24.2 Å². The SMILES string of the molecule is CCC(C)C(NC(=O)C1CCCCN1C)C(=O)N(COC(=O)CC(C)C)C(CC(O)c1nc(C(=O)NC)cs1)C(C)C. The number of esters is 1. The molecule has 2 rings (SSSR count). The molecule has 1 fully saturated rings. The smallest absolute Gasteiger partial charge is 0.307 e. The summed E-state index contributed by atoms with van der Waals surface area (Å²) in [6.07, 6.45) is 2.62. The predicted octanol–water partition coefficient (Wildman–Crippen LogP) is 3.34. The Kier molecular flexibility index (Phi) is 14.3. The Morgan fingerprint density at radius 1 is 1.19 bits per heavy atom.